The van der Waals surface area contributed by atoms with Gasteiger partial charge in [-0.25, -0.2) is 0 Å². The van der Waals surface area contributed by atoms with Crippen molar-refractivity contribution in [1.82, 2.24) is 29.5 Å². The highest BCUT2D eigenvalue weighted by Gasteiger charge is 2.29. The average Bonchev–Trinajstić information content (AvgIpc) is 3.60. The highest BCUT2D eigenvalue weighted by molar-refractivity contribution is 6.28. The first-order valence-corrected chi connectivity index (χ1v) is 19.8. The fraction of sp³-hybridized carbons (Fsp3) is 0.0377. The van der Waals surface area contributed by atoms with E-state index in [1.165, 1.54) is 21.9 Å². The van der Waals surface area contributed by atoms with Crippen molar-refractivity contribution in [2.24, 2.45) is 0 Å². The lowest BCUT2D eigenvalue weighted by atomic mass is 9.82. The van der Waals surface area contributed by atoms with Crippen molar-refractivity contribution in [2.45, 2.75) is 13.8 Å². The van der Waals surface area contributed by atoms with Crippen molar-refractivity contribution in [3.63, 3.8) is 0 Å². The van der Waals surface area contributed by atoms with Crippen molar-refractivity contribution < 1.29 is 0 Å². The molecule has 0 radical (unpaired) electrons. The molecule has 6 aromatic heterocycles. The Bertz CT molecular complexity index is 3160. The minimum Gasteiger partial charge on any atom is -0.308 e. The van der Waals surface area contributed by atoms with Crippen LogP contribution < -0.4 is 0 Å². The number of nitrogens with zero attached hydrogens (tertiary/aromatic N) is 6. The lowest BCUT2D eigenvalue weighted by molar-refractivity contribution is 1.21. The number of benzene rings is 5. The van der Waals surface area contributed by atoms with Crippen LogP contribution in [0.4, 0.5) is 0 Å². The highest BCUT2D eigenvalue weighted by Crippen LogP contribution is 2.52. The summed E-state index contributed by atoms with van der Waals surface area (Å²) in [7, 11) is 0. The Morgan fingerprint density at radius 2 is 0.712 bits per heavy atom. The van der Waals surface area contributed by atoms with E-state index in [9.17, 15) is 0 Å². The third kappa shape index (κ3) is 5.60. The predicted octanol–water partition coefficient (Wildman–Crippen LogP) is 13.0. The van der Waals surface area contributed by atoms with Gasteiger partial charge in [-0.05, 0) is 98.8 Å². The summed E-state index contributed by atoms with van der Waals surface area (Å²) in [5, 5.41) is 6.61. The molecule has 6 nitrogen and oxygen atoms in total. The molecular weight excluding hydrogens is 721 g/mol. The second-order valence-electron chi connectivity index (χ2n) is 15.0. The zero-order valence-corrected chi connectivity index (χ0v) is 32.5. The molecule has 5 aromatic carbocycles. The molecule has 0 aliphatic carbocycles. The predicted molar refractivity (Wildman–Crippen MR) is 241 cm³/mol. The van der Waals surface area contributed by atoms with Crippen molar-refractivity contribution >= 4 is 43.4 Å². The second kappa shape index (κ2) is 14.0. The van der Waals surface area contributed by atoms with Crippen LogP contribution in [-0.4, -0.2) is 29.5 Å². The summed E-state index contributed by atoms with van der Waals surface area (Å²) < 4.78 is 2.47. The van der Waals surface area contributed by atoms with E-state index in [1.54, 1.807) is 0 Å². The van der Waals surface area contributed by atoms with Crippen molar-refractivity contribution in [2.75, 3.05) is 0 Å². The number of rotatable bonds is 6. The molecule has 0 fully saturated rings. The second-order valence-corrected chi connectivity index (χ2v) is 15.0. The van der Waals surface area contributed by atoms with Crippen LogP contribution in [0.15, 0.2) is 183 Å². The maximum Gasteiger partial charge on any atom is 0.0715 e. The van der Waals surface area contributed by atoms with E-state index >= 15 is 0 Å². The standard InChI is InChI=1S/C53H36N6/c1-33-18-24-46-39(31-33)40-32-34(2)19-25-47(40)59(46)53-37-22-20-35(41-13-3-8-26-54-41)48(43-15-5-10-28-56-43)50(37)52(45-17-7-12-30-58-45)51-38(53)23-21-36(42-14-4-9-27-55-42)49(51)44-16-6-11-29-57-44/h3-32H,1-2H3. The topological polar surface area (TPSA) is 69.4 Å². The molecule has 6 heteroatoms. The molecule has 0 atom stereocenters. The Morgan fingerprint density at radius 1 is 0.339 bits per heavy atom. The monoisotopic (exact) mass is 756 g/mol. The minimum absolute atomic E-state index is 0.841. The van der Waals surface area contributed by atoms with Gasteiger partial charge in [0.05, 0.1) is 45.2 Å². The lowest BCUT2D eigenvalue weighted by Crippen LogP contribution is -2.04. The lowest BCUT2D eigenvalue weighted by Gasteiger charge is -2.25. The average molecular weight is 757 g/mol. The van der Waals surface area contributed by atoms with Crippen LogP contribution in [0.3, 0.4) is 0 Å². The molecule has 0 N–H and O–H groups in total. The Labute approximate surface area is 341 Å². The van der Waals surface area contributed by atoms with Gasteiger partial charge in [0.15, 0.2) is 0 Å². The molecular formula is C53H36N6. The fourth-order valence-electron chi connectivity index (χ4n) is 8.91. The summed E-state index contributed by atoms with van der Waals surface area (Å²) >= 11 is 0. The van der Waals surface area contributed by atoms with E-state index in [4.69, 9.17) is 24.9 Å². The zero-order valence-electron chi connectivity index (χ0n) is 32.5. The first kappa shape index (κ1) is 34.4. The number of aromatic nitrogens is 6. The van der Waals surface area contributed by atoms with Gasteiger partial charge in [0.2, 0.25) is 0 Å². The Hall–Kier alpha value is -7.83. The van der Waals surface area contributed by atoms with E-state index in [2.05, 4.69) is 128 Å². The highest BCUT2D eigenvalue weighted by atomic mass is 15.0. The molecule has 6 heterocycles. The van der Waals surface area contributed by atoms with E-state index in [1.807, 2.05) is 73.4 Å². The Kier molecular flexibility index (Phi) is 8.15. The minimum atomic E-state index is 0.841. The van der Waals surface area contributed by atoms with E-state index in [-0.39, 0.29) is 0 Å². The van der Waals surface area contributed by atoms with Crippen LogP contribution in [0.25, 0.3) is 105 Å². The Morgan fingerprint density at radius 3 is 1.08 bits per heavy atom. The zero-order chi connectivity index (χ0) is 39.5. The molecule has 0 aliphatic rings. The molecule has 278 valence electrons. The number of pyridine rings is 5. The number of fused-ring (bicyclic) bond motifs is 5. The molecule has 0 aliphatic heterocycles. The molecule has 0 unspecified atom stereocenters. The van der Waals surface area contributed by atoms with Gasteiger partial charge in [0.25, 0.3) is 0 Å². The summed E-state index contributed by atoms with van der Waals surface area (Å²) in [5.74, 6) is 0. The van der Waals surface area contributed by atoms with Gasteiger partial charge in [-0.1, -0.05) is 77.9 Å². The van der Waals surface area contributed by atoms with Gasteiger partial charge < -0.3 is 4.57 Å². The normalized spacial score (nSPS) is 11.6. The largest absolute Gasteiger partial charge is 0.308 e. The van der Waals surface area contributed by atoms with Gasteiger partial charge in [0, 0.05) is 91.1 Å². The number of aryl methyl sites for hydroxylation is 2. The maximum atomic E-state index is 5.16. The molecule has 11 rings (SSSR count). The third-order valence-corrected chi connectivity index (χ3v) is 11.4. The van der Waals surface area contributed by atoms with Gasteiger partial charge in [-0.2, -0.15) is 0 Å². The van der Waals surface area contributed by atoms with Crippen molar-refractivity contribution in [1.29, 1.82) is 0 Å². The summed E-state index contributed by atoms with van der Waals surface area (Å²) in [6, 6.07) is 53.2. The molecule has 0 saturated heterocycles. The van der Waals surface area contributed by atoms with E-state index < -0.39 is 0 Å². The van der Waals surface area contributed by atoms with Gasteiger partial charge >= 0.3 is 0 Å². The first-order chi connectivity index (χ1) is 29.1. The Balaban J connectivity index is 1.48. The SMILES string of the molecule is Cc1ccc2c(c1)c1cc(C)ccc1n2-c1c2ccc(-c3ccccn3)c(-c3ccccn3)c2c(-c2ccccn2)c2c(-c3ccccn3)c(-c3ccccn3)ccc12. The number of hydrogen-bond donors (Lipinski definition) is 0. The number of hydrogen-bond acceptors (Lipinski definition) is 5. The van der Waals surface area contributed by atoms with Crippen LogP contribution >= 0.6 is 0 Å². The summed E-state index contributed by atoms with van der Waals surface area (Å²) in [6.45, 7) is 4.34. The quantitative estimate of drug-likeness (QED) is 0.158. The summed E-state index contributed by atoms with van der Waals surface area (Å²) in [4.78, 5) is 25.2. The van der Waals surface area contributed by atoms with Crippen molar-refractivity contribution in [3.05, 3.63) is 194 Å². The first-order valence-electron chi connectivity index (χ1n) is 19.8. The molecule has 59 heavy (non-hydrogen) atoms. The van der Waals surface area contributed by atoms with Gasteiger partial charge in [0.1, 0.15) is 0 Å². The van der Waals surface area contributed by atoms with Crippen LogP contribution in [0.1, 0.15) is 11.1 Å². The van der Waals surface area contributed by atoms with E-state index in [0.29, 0.717) is 0 Å². The molecule has 11 aromatic rings. The van der Waals surface area contributed by atoms with Gasteiger partial charge in [-0.15, -0.1) is 0 Å². The molecule has 0 bridgehead atoms. The van der Waals surface area contributed by atoms with Crippen LogP contribution in [0.2, 0.25) is 0 Å². The van der Waals surface area contributed by atoms with Crippen LogP contribution in [-0.2, 0) is 0 Å². The molecule has 0 saturated carbocycles. The maximum absolute atomic E-state index is 5.16. The summed E-state index contributed by atoms with van der Waals surface area (Å²) in [6.07, 6.45) is 9.33. The molecule has 0 amide bonds. The van der Waals surface area contributed by atoms with E-state index in [0.717, 1.165) is 94.6 Å². The van der Waals surface area contributed by atoms with Crippen LogP contribution in [0.5, 0.6) is 0 Å². The molecule has 0 spiro atoms. The third-order valence-electron chi connectivity index (χ3n) is 11.4. The smallest absolute Gasteiger partial charge is 0.0715 e. The van der Waals surface area contributed by atoms with Gasteiger partial charge in [-0.3, -0.25) is 24.9 Å². The van der Waals surface area contributed by atoms with Crippen LogP contribution in [0, 0.1) is 13.8 Å². The summed E-state index contributed by atoms with van der Waals surface area (Å²) in [5.41, 5.74) is 14.9. The van der Waals surface area contributed by atoms with Crippen molar-refractivity contribution in [3.8, 4) is 62.0 Å². The fourth-order valence-corrected chi connectivity index (χ4v) is 8.91.